The van der Waals surface area contributed by atoms with E-state index in [9.17, 15) is 4.79 Å². The van der Waals surface area contributed by atoms with Crippen LogP contribution in [-0.4, -0.2) is 41.2 Å². The van der Waals surface area contributed by atoms with Gasteiger partial charge in [0, 0.05) is 30.3 Å². The minimum atomic E-state index is -0.556. The molecule has 0 aliphatic carbocycles. The largest absolute Gasteiger partial charge is 0.442 e. The van der Waals surface area contributed by atoms with Gasteiger partial charge in [0.05, 0.1) is 18.9 Å². The highest BCUT2D eigenvalue weighted by atomic mass is 16.6. The predicted molar refractivity (Wildman–Crippen MR) is 115 cm³/mol. The van der Waals surface area contributed by atoms with Crippen molar-refractivity contribution in [1.82, 2.24) is 9.78 Å². The van der Waals surface area contributed by atoms with Crippen molar-refractivity contribution in [1.29, 1.82) is 0 Å². The highest BCUT2D eigenvalue weighted by Crippen LogP contribution is 2.37. The summed E-state index contributed by atoms with van der Waals surface area (Å²) in [6, 6.07) is 8.47. The maximum absolute atomic E-state index is 12.4. The molecule has 156 valence electrons. The van der Waals surface area contributed by atoms with Crippen molar-refractivity contribution < 1.29 is 14.3 Å². The topological polar surface area (TPSA) is 65.4 Å². The van der Waals surface area contributed by atoms with Crippen molar-refractivity contribution in [3.63, 3.8) is 0 Å². The lowest BCUT2D eigenvalue weighted by molar-refractivity contribution is -0.0604. The van der Waals surface area contributed by atoms with Crippen LogP contribution in [0.5, 0.6) is 0 Å². The highest BCUT2D eigenvalue weighted by Gasteiger charge is 2.41. The van der Waals surface area contributed by atoms with Crippen molar-refractivity contribution in [3.05, 3.63) is 59.9 Å². The Morgan fingerprint density at radius 3 is 2.79 bits per heavy atom. The van der Waals surface area contributed by atoms with Gasteiger partial charge in [0.1, 0.15) is 5.60 Å². The number of carbonyl (C=O) groups is 1. The van der Waals surface area contributed by atoms with E-state index >= 15 is 0 Å². The molecule has 6 nitrogen and oxygen atoms in total. The average molecular weight is 398 g/mol. The zero-order valence-electron chi connectivity index (χ0n) is 17.8. The van der Waals surface area contributed by atoms with Gasteiger partial charge in [-0.15, -0.1) is 6.58 Å². The Labute approximate surface area is 172 Å². The number of nitrogens with one attached hydrogen (secondary N) is 1. The Kier molecular flexibility index (Phi) is 6.13. The molecule has 1 fully saturated rings. The summed E-state index contributed by atoms with van der Waals surface area (Å²) in [5.41, 5.74) is 3.49. The molecule has 1 aromatic heterocycles. The van der Waals surface area contributed by atoms with Crippen LogP contribution >= 0.6 is 0 Å². The van der Waals surface area contributed by atoms with Crippen molar-refractivity contribution in [3.8, 4) is 0 Å². The summed E-state index contributed by atoms with van der Waals surface area (Å²) in [4.78, 5) is 12.4. The molecule has 0 spiro atoms. The van der Waals surface area contributed by atoms with E-state index in [1.165, 1.54) is 10.2 Å². The molecule has 6 heteroatoms. The zero-order valence-corrected chi connectivity index (χ0v) is 17.8. The Morgan fingerprint density at radius 2 is 2.17 bits per heavy atom. The Bertz CT molecular complexity index is 876. The molecule has 1 saturated heterocycles. The smallest absolute Gasteiger partial charge is 0.435 e. The molecule has 2 aromatic rings. The first-order chi connectivity index (χ1) is 13.7. The number of hydrogen-bond donors (Lipinski definition) is 1. The number of aromatic nitrogens is 2. The average Bonchev–Trinajstić information content (AvgIpc) is 2.98. The summed E-state index contributed by atoms with van der Waals surface area (Å²) < 4.78 is 12.3. The lowest BCUT2D eigenvalue weighted by atomic mass is 9.74. The fourth-order valence-corrected chi connectivity index (χ4v) is 3.39. The number of aryl methyl sites for hydroxylation is 1. The summed E-state index contributed by atoms with van der Waals surface area (Å²) in [6.07, 6.45) is 4.82. The van der Waals surface area contributed by atoms with Crippen LogP contribution in [-0.2, 0) is 21.3 Å². The predicted octanol–water partition coefficient (Wildman–Crippen LogP) is 4.47. The third kappa shape index (κ3) is 5.07. The summed E-state index contributed by atoms with van der Waals surface area (Å²) in [6.45, 7) is 13.4. The van der Waals surface area contributed by atoms with Gasteiger partial charge in [-0.2, -0.15) is 9.78 Å². The number of rotatable bonds is 7. The van der Waals surface area contributed by atoms with Crippen LogP contribution in [0, 0.1) is 6.92 Å². The summed E-state index contributed by atoms with van der Waals surface area (Å²) in [5, 5.41) is 7.96. The van der Waals surface area contributed by atoms with E-state index in [2.05, 4.69) is 41.3 Å². The molecule has 1 aliphatic rings. The van der Waals surface area contributed by atoms with Gasteiger partial charge >= 0.3 is 6.09 Å². The van der Waals surface area contributed by atoms with Gasteiger partial charge in [0.15, 0.2) is 0 Å². The third-order valence-corrected chi connectivity index (χ3v) is 5.00. The molecule has 0 saturated carbocycles. The maximum Gasteiger partial charge on any atom is 0.435 e. The summed E-state index contributed by atoms with van der Waals surface area (Å²) in [7, 11) is 0. The molecule has 1 aliphatic heterocycles. The molecule has 1 aromatic carbocycles. The molecule has 0 bridgehead atoms. The first-order valence-electron chi connectivity index (χ1n) is 10.0. The van der Waals surface area contributed by atoms with Gasteiger partial charge in [-0.1, -0.05) is 18.2 Å². The van der Waals surface area contributed by atoms with E-state index < -0.39 is 11.7 Å². The van der Waals surface area contributed by atoms with Crippen LogP contribution < -0.4 is 5.32 Å². The summed E-state index contributed by atoms with van der Waals surface area (Å²) in [5.74, 6) is 0. The van der Waals surface area contributed by atoms with E-state index in [0.717, 1.165) is 29.9 Å². The van der Waals surface area contributed by atoms with Gasteiger partial charge in [-0.3, -0.25) is 0 Å². The fraction of sp³-hybridized carbons (Fsp3) is 0.478. The number of hydrogen-bond acceptors (Lipinski definition) is 5. The second-order valence-electron chi connectivity index (χ2n) is 8.72. The lowest BCUT2D eigenvalue weighted by Gasteiger charge is -2.42. The van der Waals surface area contributed by atoms with E-state index in [4.69, 9.17) is 9.47 Å². The van der Waals surface area contributed by atoms with Gasteiger partial charge in [0.2, 0.25) is 0 Å². The van der Waals surface area contributed by atoms with Crippen LogP contribution in [0.4, 0.5) is 10.5 Å². The van der Waals surface area contributed by atoms with Gasteiger partial charge in [-0.05, 0) is 57.4 Å². The minimum absolute atomic E-state index is 0.131. The summed E-state index contributed by atoms with van der Waals surface area (Å²) >= 11 is 0. The first kappa shape index (κ1) is 21.1. The SMILES string of the molecule is C=CCCNc1cccc(C2(Cc3nn(C(=O)OC(C)(C)C)cc3C)COC2)c1. The molecule has 0 amide bonds. The molecule has 3 rings (SSSR count). The second-order valence-corrected chi connectivity index (χ2v) is 8.72. The normalized spacial score (nSPS) is 15.4. The Hall–Kier alpha value is -2.60. The molecule has 0 radical (unpaired) electrons. The molecule has 1 N–H and O–H groups in total. The second kappa shape index (κ2) is 8.41. The number of benzene rings is 1. The van der Waals surface area contributed by atoms with Crippen LogP contribution in [0.25, 0.3) is 0 Å². The van der Waals surface area contributed by atoms with Crippen LogP contribution in [0.15, 0.2) is 43.1 Å². The minimum Gasteiger partial charge on any atom is -0.442 e. The Morgan fingerprint density at radius 1 is 1.41 bits per heavy atom. The fourth-order valence-electron chi connectivity index (χ4n) is 3.39. The zero-order chi connectivity index (χ0) is 21.1. The maximum atomic E-state index is 12.4. The number of nitrogens with zero attached hydrogens (tertiary/aromatic N) is 2. The standard InChI is InChI=1S/C23H31N3O3/c1-6-7-11-24-19-10-8-9-18(12-19)23(15-28-16-23)13-20-17(2)14-26(25-20)21(27)29-22(3,4)5/h6,8-10,12,14,24H,1,7,11,13,15-16H2,2-5H3. The van der Waals surface area contributed by atoms with Crippen molar-refractivity contribution >= 4 is 11.8 Å². The molecular formula is C23H31N3O3. The van der Waals surface area contributed by atoms with E-state index in [0.29, 0.717) is 19.6 Å². The van der Waals surface area contributed by atoms with Crippen molar-refractivity contribution in [2.24, 2.45) is 0 Å². The van der Waals surface area contributed by atoms with Crippen LogP contribution in [0.2, 0.25) is 0 Å². The number of ether oxygens (including phenoxy) is 2. The van der Waals surface area contributed by atoms with E-state index in [1.54, 1.807) is 6.20 Å². The van der Waals surface area contributed by atoms with E-state index in [1.807, 2.05) is 33.8 Å². The van der Waals surface area contributed by atoms with Crippen molar-refractivity contribution in [2.75, 3.05) is 25.1 Å². The van der Waals surface area contributed by atoms with Gasteiger partial charge < -0.3 is 14.8 Å². The lowest BCUT2D eigenvalue weighted by Crippen LogP contribution is -2.48. The first-order valence-corrected chi connectivity index (χ1v) is 10.0. The molecular weight excluding hydrogens is 366 g/mol. The molecule has 29 heavy (non-hydrogen) atoms. The highest BCUT2D eigenvalue weighted by molar-refractivity contribution is 5.70. The number of carbonyl (C=O) groups excluding carboxylic acids is 1. The molecule has 0 atom stereocenters. The third-order valence-electron chi connectivity index (χ3n) is 5.00. The van der Waals surface area contributed by atoms with Crippen LogP contribution in [0.3, 0.4) is 0 Å². The van der Waals surface area contributed by atoms with E-state index in [-0.39, 0.29) is 5.41 Å². The van der Waals surface area contributed by atoms with Gasteiger partial charge in [-0.25, -0.2) is 4.79 Å². The monoisotopic (exact) mass is 397 g/mol. The Balaban J connectivity index is 1.79. The number of anilines is 1. The molecule has 0 unspecified atom stereocenters. The molecule has 2 heterocycles. The quantitative estimate of drug-likeness (QED) is 0.551. The van der Waals surface area contributed by atoms with Gasteiger partial charge in [0.25, 0.3) is 0 Å². The van der Waals surface area contributed by atoms with Crippen molar-refractivity contribution in [2.45, 2.75) is 51.6 Å². The van der Waals surface area contributed by atoms with Crippen LogP contribution in [0.1, 0.15) is 44.0 Å².